The number of aromatic nitrogens is 1. The Hall–Kier alpha value is -1.04. The largest absolute Gasteiger partial charge is 0.468 e. The van der Waals surface area contributed by atoms with Crippen LogP contribution < -0.4 is 5.32 Å². The molecule has 0 radical (unpaired) electrons. The maximum Gasteiger partial charge on any atom is 0.468 e. The Labute approximate surface area is 84.7 Å². The molecular formula is C9H11F3N2O. The summed E-state index contributed by atoms with van der Waals surface area (Å²) in [5.41, 5.74) is 0.420. The Balaban J connectivity index is 2.12. The van der Waals surface area contributed by atoms with Gasteiger partial charge >= 0.3 is 12.1 Å². The lowest BCUT2D eigenvalue weighted by Gasteiger charge is -2.20. The van der Waals surface area contributed by atoms with E-state index in [1.165, 1.54) is 0 Å². The molecule has 0 bridgehead atoms. The van der Waals surface area contributed by atoms with Crippen LogP contribution in [0, 0.1) is 0 Å². The van der Waals surface area contributed by atoms with Crippen molar-refractivity contribution in [2.45, 2.75) is 24.9 Å². The molecule has 1 N–H and O–H groups in total. The molecule has 0 saturated carbocycles. The predicted molar refractivity (Wildman–Crippen MR) is 46.3 cm³/mol. The molecule has 0 spiro atoms. The highest BCUT2D eigenvalue weighted by Gasteiger charge is 2.37. The summed E-state index contributed by atoms with van der Waals surface area (Å²) in [7, 11) is 0. The number of hydrogen-bond donors (Lipinski definition) is 1. The van der Waals surface area contributed by atoms with Crippen molar-refractivity contribution in [3.63, 3.8) is 0 Å². The minimum Gasteiger partial charge on any atom is -0.441 e. The first-order valence-corrected chi connectivity index (χ1v) is 4.80. The van der Waals surface area contributed by atoms with Crippen LogP contribution in [-0.2, 0) is 6.18 Å². The molecule has 2 rings (SSSR count). The molecule has 6 heteroatoms. The molecule has 0 amide bonds. The van der Waals surface area contributed by atoms with E-state index in [0.717, 1.165) is 32.2 Å². The molecule has 0 aliphatic carbocycles. The van der Waals surface area contributed by atoms with E-state index in [1.54, 1.807) is 0 Å². The second kappa shape index (κ2) is 3.84. The van der Waals surface area contributed by atoms with Crippen LogP contribution >= 0.6 is 0 Å². The highest BCUT2D eigenvalue weighted by molar-refractivity contribution is 5.06. The van der Waals surface area contributed by atoms with Crippen LogP contribution in [0.3, 0.4) is 0 Å². The van der Waals surface area contributed by atoms with Crippen molar-refractivity contribution in [3.05, 3.63) is 17.8 Å². The van der Waals surface area contributed by atoms with E-state index in [1.807, 2.05) is 0 Å². The van der Waals surface area contributed by atoms with Crippen LogP contribution in [0.5, 0.6) is 0 Å². The molecule has 84 valence electrons. The molecule has 0 unspecified atom stereocenters. The number of oxazole rings is 1. The summed E-state index contributed by atoms with van der Waals surface area (Å²) in [5.74, 6) is -1.05. The fourth-order valence-electron chi connectivity index (χ4n) is 1.72. The third kappa shape index (κ3) is 2.31. The topological polar surface area (TPSA) is 38.1 Å². The van der Waals surface area contributed by atoms with E-state index in [-0.39, 0.29) is 5.92 Å². The van der Waals surface area contributed by atoms with Crippen LogP contribution in [0.1, 0.15) is 30.3 Å². The SMILES string of the molecule is FC(F)(F)c1nc(C2CCNCC2)co1. The summed E-state index contributed by atoms with van der Waals surface area (Å²) >= 11 is 0. The number of nitrogens with zero attached hydrogens (tertiary/aromatic N) is 1. The Morgan fingerprint density at radius 2 is 2.00 bits per heavy atom. The van der Waals surface area contributed by atoms with E-state index in [0.29, 0.717) is 5.69 Å². The van der Waals surface area contributed by atoms with Gasteiger partial charge in [-0.15, -0.1) is 0 Å². The third-order valence-corrected chi connectivity index (χ3v) is 2.52. The van der Waals surface area contributed by atoms with E-state index in [2.05, 4.69) is 14.7 Å². The van der Waals surface area contributed by atoms with Gasteiger partial charge in [-0.2, -0.15) is 13.2 Å². The Morgan fingerprint density at radius 1 is 1.33 bits per heavy atom. The molecular weight excluding hydrogens is 209 g/mol. The number of halogens is 3. The second-order valence-corrected chi connectivity index (χ2v) is 3.60. The van der Waals surface area contributed by atoms with Gasteiger partial charge in [-0.3, -0.25) is 0 Å². The van der Waals surface area contributed by atoms with Gasteiger partial charge in [-0.05, 0) is 25.9 Å². The first-order chi connectivity index (χ1) is 7.07. The van der Waals surface area contributed by atoms with Gasteiger partial charge in [0.1, 0.15) is 6.26 Å². The van der Waals surface area contributed by atoms with E-state index in [9.17, 15) is 13.2 Å². The Kier molecular flexibility index (Phi) is 2.68. The lowest BCUT2D eigenvalue weighted by molar-refractivity contribution is -0.157. The van der Waals surface area contributed by atoms with Crippen molar-refractivity contribution in [1.29, 1.82) is 0 Å². The first kappa shape index (κ1) is 10.5. The highest BCUT2D eigenvalue weighted by atomic mass is 19.4. The summed E-state index contributed by atoms with van der Waals surface area (Å²) in [6.07, 6.45) is -1.74. The van der Waals surface area contributed by atoms with E-state index >= 15 is 0 Å². The smallest absolute Gasteiger partial charge is 0.441 e. The lowest BCUT2D eigenvalue weighted by atomic mass is 9.95. The summed E-state index contributed by atoms with van der Waals surface area (Å²) in [5, 5.41) is 3.14. The zero-order chi connectivity index (χ0) is 10.9. The molecule has 1 fully saturated rings. The minimum atomic E-state index is -4.48. The molecule has 0 atom stereocenters. The summed E-state index contributed by atoms with van der Waals surface area (Å²) in [6.45, 7) is 1.64. The molecule has 15 heavy (non-hydrogen) atoms. The number of nitrogens with one attached hydrogen (secondary N) is 1. The molecule has 1 aromatic heterocycles. The number of alkyl halides is 3. The molecule has 1 saturated heterocycles. The zero-order valence-electron chi connectivity index (χ0n) is 7.97. The fraction of sp³-hybridized carbons (Fsp3) is 0.667. The summed E-state index contributed by atoms with van der Waals surface area (Å²) in [6, 6.07) is 0. The maximum absolute atomic E-state index is 12.2. The van der Waals surface area contributed by atoms with Crippen LogP contribution in [0.25, 0.3) is 0 Å². The second-order valence-electron chi connectivity index (χ2n) is 3.60. The molecule has 0 aromatic carbocycles. The predicted octanol–water partition coefficient (Wildman–Crippen LogP) is 2.16. The van der Waals surface area contributed by atoms with Crippen LogP contribution in [0.2, 0.25) is 0 Å². The van der Waals surface area contributed by atoms with Gasteiger partial charge < -0.3 is 9.73 Å². The van der Waals surface area contributed by atoms with Crippen molar-refractivity contribution in [2.24, 2.45) is 0 Å². The van der Waals surface area contributed by atoms with Crippen LogP contribution in [0.4, 0.5) is 13.2 Å². The van der Waals surface area contributed by atoms with Crippen molar-refractivity contribution in [3.8, 4) is 0 Å². The third-order valence-electron chi connectivity index (χ3n) is 2.52. The minimum absolute atomic E-state index is 0.0890. The zero-order valence-corrected chi connectivity index (χ0v) is 7.97. The normalized spacial score (nSPS) is 19.4. The Bertz CT molecular complexity index is 328. The number of rotatable bonds is 1. The highest BCUT2D eigenvalue weighted by Crippen LogP contribution is 2.31. The number of piperidine rings is 1. The van der Waals surface area contributed by atoms with Crippen molar-refractivity contribution >= 4 is 0 Å². The standard InChI is InChI=1S/C9H11F3N2O/c10-9(11,12)8-14-7(5-15-8)6-1-3-13-4-2-6/h5-6,13H,1-4H2. The number of hydrogen-bond acceptors (Lipinski definition) is 3. The Morgan fingerprint density at radius 3 is 2.53 bits per heavy atom. The van der Waals surface area contributed by atoms with Crippen LogP contribution in [0.15, 0.2) is 10.7 Å². The average Bonchev–Trinajstić information content (AvgIpc) is 2.67. The molecule has 2 heterocycles. The molecule has 3 nitrogen and oxygen atoms in total. The van der Waals surface area contributed by atoms with Crippen molar-refractivity contribution in [2.75, 3.05) is 13.1 Å². The van der Waals surface area contributed by atoms with E-state index in [4.69, 9.17) is 0 Å². The van der Waals surface area contributed by atoms with Gasteiger partial charge in [0.25, 0.3) is 0 Å². The van der Waals surface area contributed by atoms with E-state index < -0.39 is 12.1 Å². The maximum atomic E-state index is 12.2. The summed E-state index contributed by atoms with van der Waals surface area (Å²) < 4.78 is 41.0. The van der Waals surface area contributed by atoms with Gasteiger partial charge in [-0.1, -0.05) is 0 Å². The fourth-order valence-corrected chi connectivity index (χ4v) is 1.72. The van der Waals surface area contributed by atoms with Gasteiger partial charge in [0.15, 0.2) is 0 Å². The van der Waals surface area contributed by atoms with Gasteiger partial charge in [-0.25, -0.2) is 4.98 Å². The average molecular weight is 220 g/mol. The monoisotopic (exact) mass is 220 g/mol. The van der Waals surface area contributed by atoms with Gasteiger partial charge in [0, 0.05) is 5.92 Å². The molecule has 1 aromatic rings. The lowest BCUT2D eigenvalue weighted by Crippen LogP contribution is -2.26. The van der Waals surface area contributed by atoms with Crippen LogP contribution in [-0.4, -0.2) is 18.1 Å². The van der Waals surface area contributed by atoms with Crippen molar-refractivity contribution < 1.29 is 17.6 Å². The van der Waals surface area contributed by atoms with Gasteiger partial charge in [0.05, 0.1) is 5.69 Å². The molecule has 1 aliphatic rings. The van der Waals surface area contributed by atoms with Gasteiger partial charge in [0.2, 0.25) is 0 Å². The quantitative estimate of drug-likeness (QED) is 0.788. The first-order valence-electron chi connectivity index (χ1n) is 4.80. The molecule has 1 aliphatic heterocycles. The summed E-state index contributed by atoms with van der Waals surface area (Å²) in [4.78, 5) is 3.49. The van der Waals surface area contributed by atoms with Crippen molar-refractivity contribution in [1.82, 2.24) is 10.3 Å².